The molecule has 0 aliphatic carbocycles. The molecule has 0 bridgehead atoms. The Balaban J connectivity index is 1.29. The molecule has 0 atom stereocenters. The van der Waals surface area contributed by atoms with Gasteiger partial charge in [-0.3, -0.25) is 10.1 Å². The number of furan rings is 1. The molecule has 0 spiro atoms. The molecule has 0 aliphatic heterocycles. The SMILES string of the molecule is Cc1cc2nn(-c3ccc(C(C)C)cc3)nc2cc1NC(=S)NC(=O)c1ccc(-c2ccc(Cl)cc2Cl)o1. The van der Waals surface area contributed by atoms with Crippen molar-refractivity contribution >= 4 is 63.2 Å². The highest BCUT2D eigenvalue weighted by atomic mass is 35.5. The molecule has 7 nitrogen and oxygen atoms in total. The first kappa shape index (κ1) is 25.9. The van der Waals surface area contributed by atoms with Gasteiger partial charge in [-0.2, -0.15) is 4.80 Å². The normalized spacial score (nSPS) is 11.2. The fraction of sp³-hybridized carbons (Fsp3) is 0.143. The van der Waals surface area contributed by atoms with Crippen LogP contribution >= 0.6 is 35.4 Å². The van der Waals surface area contributed by atoms with Gasteiger partial charge in [0.15, 0.2) is 10.9 Å². The Hall–Kier alpha value is -3.72. The van der Waals surface area contributed by atoms with Gasteiger partial charge in [0.1, 0.15) is 16.8 Å². The molecule has 1 amide bonds. The Morgan fingerprint density at radius 2 is 1.68 bits per heavy atom. The van der Waals surface area contributed by atoms with Crippen LogP contribution in [0.15, 0.2) is 71.1 Å². The lowest BCUT2D eigenvalue weighted by Crippen LogP contribution is -2.34. The number of nitrogens with zero attached hydrogens (tertiary/aromatic N) is 3. The number of fused-ring (bicyclic) bond motifs is 1. The van der Waals surface area contributed by atoms with Crippen LogP contribution in [0.2, 0.25) is 10.0 Å². The maximum Gasteiger partial charge on any atom is 0.293 e. The Labute approximate surface area is 234 Å². The zero-order chi connectivity index (χ0) is 27.0. The molecule has 5 aromatic rings. The number of halogens is 2. The van der Waals surface area contributed by atoms with Gasteiger partial charge in [-0.25, -0.2) is 0 Å². The number of anilines is 1. The molecule has 2 heterocycles. The van der Waals surface area contributed by atoms with Crippen molar-refractivity contribution in [2.24, 2.45) is 0 Å². The molecule has 0 fully saturated rings. The molecule has 0 aliphatic rings. The number of carbonyl (C=O) groups is 1. The van der Waals surface area contributed by atoms with Crippen LogP contribution in [0.4, 0.5) is 5.69 Å². The molecule has 5 rings (SSSR count). The van der Waals surface area contributed by atoms with Crippen LogP contribution in [0.3, 0.4) is 0 Å². The third kappa shape index (κ3) is 5.43. The molecule has 0 saturated carbocycles. The van der Waals surface area contributed by atoms with Crippen LogP contribution in [-0.4, -0.2) is 26.0 Å². The summed E-state index contributed by atoms with van der Waals surface area (Å²) >= 11 is 17.6. The van der Waals surface area contributed by atoms with Gasteiger partial charge in [0, 0.05) is 16.3 Å². The summed E-state index contributed by atoms with van der Waals surface area (Å²) < 4.78 is 5.70. The van der Waals surface area contributed by atoms with Crippen molar-refractivity contribution in [3.63, 3.8) is 0 Å². The highest BCUT2D eigenvalue weighted by Crippen LogP contribution is 2.31. The lowest BCUT2D eigenvalue weighted by molar-refractivity contribution is 0.0951. The Morgan fingerprint density at radius 1 is 0.974 bits per heavy atom. The van der Waals surface area contributed by atoms with Gasteiger partial charge in [0.2, 0.25) is 0 Å². The van der Waals surface area contributed by atoms with E-state index in [0.29, 0.717) is 38.5 Å². The average molecular weight is 564 g/mol. The van der Waals surface area contributed by atoms with E-state index in [9.17, 15) is 4.79 Å². The van der Waals surface area contributed by atoms with Crippen LogP contribution in [0, 0.1) is 6.92 Å². The van der Waals surface area contributed by atoms with Crippen molar-refractivity contribution < 1.29 is 9.21 Å². The van der Waals surface area contributed by atoms with E-state index < -0.39 is 5.91 Å². The maximum atomic E-state index is 12.7. The second-order valence-electron chi connectivity index (χ2n) is 9.09. The number of carbonyl (C=O) groups excluding carboxylic acids is 1. The van der Waals surface area contributed by atoms with E-state index in [1.54, 1.807) is 35.1 Å². The predicted octanol–water partition coefficient (Wildman–Crippen LogP) is 7.55. The standard InChI is InChI=1S/C28H23Cl2N5O2S/c1-15(2)17-4-7-19(8-5-17)35-33-23-12-16(3)22(14-24(23)34-35)31-28(38)32-27(36)26-11-10-25(37-26)20-9-6-18(29)13-21(20)30/h4-15H,1-3H3,(H2,31,32,36,38). The first-order valence-electron chi connectivity index (χ1n) is 11.8. The van der Waals surface area contributed by atoms with Crippen LogP contribution < -0.4 is 10.6 Å². The third-order valence-corrected chi connectivity index (χ3v) is 6.77. The largest absolute Gasteiger partial charge is 0.451 e. The van der Waals surface area contributed by atoms with E-state index in [0.717, 1.165) is 16.8 Å². The Bertz CT molecular complexity index is 1670. The predicted molar refractivity (Wildman–Crippen MR) is 156 cm³/mol. The lowest BCUT2D eigenvalue weighted by atomic mass is 10.0. The molecular weight excluding hydrogens is 541 g/mol. The highest BCUT2D eigenvalue weighted by Gasteiger charge is 2.16. The van der Waals surface area contributed by atoms with Crippen LogP contribution in [0.25, 0.3) is 28.0 Å². The fourth-order valence-electron chi connectivity index (χ4n) is 3.92. The molecule has 192 valence electrons. The Morgan fingerprint density at radius 3 is 2.37 bits per heavy atom. The number of amides is 1. The fourth-order valence-corrected chi connectivity index (χ4v) is 4.63. The Kier molecular flexibility index (Phi) is 7.21. The van der Waals surface area contributed by atoms with E-state index in [-0.39, 0.29) is 10.9 Å². The zero-order valence-electron chi connectivity index (χ0n) is 20.8. The van der Waals surface area contributed by atoms with E-state index in [2.05, 4.69) is 46.8 Å². The molecule has 0 unspecified atom stereocenters. The second-order valence-corrected chi connectivity index (χ2v) is 10.3. The third-order valence-electron chi connectivity index (χ3n) is 6.02. The smallest absolute Gasteiger partial charge is 0.293 e. The minimum atomic E-state index is -0.492. The summed E-state index contributed by atoms with van der Waals surface area (Å²) in [5, 5.41) is 16.0. The van der Waals surface area contributed by atoms with Gasteiger partial charge in [0.05, 0.1) is 10.7 Å². The molecule has 0 radical (unpaired) electrons. The zero-order valence-corrected chi connectivity index (χ0v) is 23.1. The topological polar surface area (TPSA) is 85.0 Å². The summed E-state index contributed by atoms with van der Waals surface area (Å²) in [6.07, 6.45) is 0. The van der Waals surface area contributed by atoms with Crippen LogP contribution in [-0.2, 0) is 0 Å². The molecule has 10 heteroatoms. The van der Waals surface area contributed by atoms with Crippen LogP contribution in [0.5, 0.6) is 0 Å². The van der Waals surface area contributed by atoms with Gasteiger partial charge in [0.25, 0.3) is 5.91 Å². The summed E-state index contributed by atoms with van der Waals surface area (Å²) in [5.41, 5.74) is 5.80. The number of thiocarbonyl (C=S) groups is 1. The van der Waals surface area contributed by atoms with E-state index in [1.165, 1.54) is 5.56 Å². The molecule has 2 aromatic heterocycles. The monoisotopic (exact) mass is 563 g/mol. The van der Waals surface area contributed by atoms with Gasteiger partial charge in [-0.15, -0.1) is 10.2 Å². The number of benzene rings is 3. The second kappa shape index (κ2) is 10.6. The summed E-state index contributed by atoms with van der Waals surface area (Å²) in [5.74, 6) is 0.493. The molecular formula is C28H23Cl2N5O2S. The number of nitrogens with one attached hydrogen (secondary N) is 2. The van der Waals surface area contributed by atoms with Gasteiger partial charge in [-0.05, 0) is 90.8 Å². The van der Waals surface area contributed by atoms with Gasteiger partial charge >= 0.3 is 0 Å². The summed E-state index contributed by atoms with van der Waals surface area (Å²) in [4.78, 5) is 14.4. The molecule has 38 heavy (non-hydrogen) atoms. The van der Waals surface area contributed by atoms with Crippen molar-refractivity contribution in [1.82, 2.24) is 20.3 Å². The number of aromatic nitrogens is 3. The van der Waals surface area contributed by atoms with Gasteiger partial charge in [-0.1, -0.05) is 49.2 Å². The highest BCUT2D eigenvalue weighted by molar-refractivity contribution is 7.80. The first-order chi connectivity index (χ1) is 18.2. The first-order valence-corrected chi connectivity index (χ1v) is 13.0. The van der Waals surface area contributed by atoms with E-state index in [1.807, 2.05) is 31.2 Å². The quantitative estimate of drug-likeness (QED) is 0.215. The van der Waals surface area contributed by atoms with E-state index in [4.69, 9.17) is 39.8 Å². The summed E-state index contributed by atoms with van der Waals surface area (Å²) in [7, 11) is 0. The van der Waals surface area contributed by atoms with Gasteiger partial charge < -0.3 is 9.73 Å². The molecule has 2 N–H and O–H groups in total. The average Bonchev–Trinajstić information content (AvgIpc) is 3.52. The number of rotatable bonds is 5. The summed E-state index contributed by atoms with van der Waals surface area (Å²) in [6.45, 7) is 6.24. The maximum absolute atomic E-state index is 12.7. The molecule has 0 saturated heterocycles. The number of hydrogen-bond donors (Lipinski definition) is 2. The van der Waals surface area contributed by atoms with Crippen molar-refractivity contribution in [3.05, 3.63) is 93.7 Å². The van der Waals surface area contributed by atoms with Crippen LogP contribution in [0.1, 0.15) is 41.4 Å². The minimum absolute atomic E-state index is 0.0915. The minimum Gasteiger partial charge on any atom is -0.451 e. The number of hydrogen-bond acceptors (Lipinski definition) is 5. The van der Waals surface area contributed by atoms with Crippen molar-refractivity contribution in [1.29, 1.82) is 0 Å². The van der Waals surface area contributed by atoms with Crippen molar-refractivity contribution in [2.75, 3.05) is 5.32 Å². The number of aryl methyl sites for hydroxylation is 1. The lowest BCUT2D eigenvalue weighted by Gasteiger charge is -2.11. The molecule has 3 aromatic carbocycles. The van der Waals surface area contributed by atoms with E-state index >= 15 is 0 Å². The summed E-state index contributed by atoms with van der Waals surface area (Å²) in [6, 6.07) is 20.2. The van der Waals surface area contributed by atoms with Crippen molar-refractivity contribution in [3.8, 4) is 17.0 Å². The van der Waals surface area contributed by atoms with Crippen molar-refractivity contribution in [2.45, 2.75) is 26.7 Å².